The van der Waals surface area contributed by atoms with Gasteiger partial charge >= 0.3 is 0 Å². The molecule has 2 rings (SSSR count). The Hall–Kier alpha value is -0.620. The second-order valence-corrected chi connectivity index (χ2v) is 6.86. The standard InChI is InChI=1S/C12H16ClNO3S/c1-2-18(15,16)14-7-8-17-12(9-14)10-3-5-11(13)6-4-10/h3-6,12H,2,7-9H2,1H3. The molecule has 1 aliphatic heterocycles. The first-order chi connectivity index (χ1) is 8.53. The van der Waals surface area contributed by atoms with Crippen LogP contribution in [0.5, 0.6) is 0 Å². The monoisotopic (exact) mass is 289 g/mol. The van der Waals surface area contributed by atoms with Gasteiger partial charge < -0.3 is 4.74 Å². The van der Waals surface area contributed by atoms with E-state index >= 15 is 0 Å². The van der Waals surface area contributed by atoms with E-state index in [2.05, 4.69) is 0 Å². The predicted molar refractivity (Wildman–Crippen MR) is 71.2 cm³/mol. The number of morpholine rings is 1. The summed E-state index contributed by atoms with van der Waals surface area (Å²) < 4.78 is 30.8. The Labute approximate surface area is 113 Å². The largest absolute Gasteiger partial charge is 0.371 e. The summed E-state index contributed by atoms with van der Waals surface area (Å²) in [5, 5.41) is 0.660. The molecule has 0 N–H and O–H groups in total. The van der Waals surface area contributed by atoms with E-state index in [0.717, 1.165) is 5.56 Å². The van der Waals surface area contributed by atoms with Crippen LogP contribution in [-0.2, 0) is 14.8 Å². The molecule has 1 aromatic carbocycles. The van der Waals surface area contributed by atoms with Crippen molar-refractivity contribution in [2.45, 2.75) is 13.0 Å². The summed E-state index contributed by atoms with van der Waals surface area (Å²) in [6.45, 7) is 2.88. The van der Waals surface area contributed by atoms with Crippen LogP contribution in [0.3, 0.4) is 0 Å². The fourth-order valence-electron chi connectivity index (χ4n) is 1.94. The second kappa shape index (κ2) is 5.57. The smallest absolute Gasteiger partial charge is 0.214 e. The Bertz CT molecular complexity index is 501. The lowest BCUT2D eigenvalue weighted by molar-refractivity contribution is -0.00249. The van der Waals surface area contributed by atoms with Gasteiger partial charge in [-0.1, -0.05) is 23.7 Å². The molecule has 0 amide bonds. The summed E-state index contributed by atoms with van der Waals surface area (Å²) in [6, 6.07) is 7.31. The molecule has 0 radical (unpaired) electrons. The van der Waals surface area contributed by atoms with Gasteiger partial charge in [0.05, 0.1) is 18.5 Å². The highest BCUT2D eigenvalue weighted by Gasteiger charge is 2.28. The molecule has 1 fully saturated rings. The molecule has 0 aliphatic carbocycles. The molecule has 1 heterocycles. The molecule has 0 spiro atoms. The van der Waals surface area contributed by atoms with Crippen molar-refractivity contribution in [2.24, 2.45) is 0 Å². The van der Waals surface area contributed by atoms with E-state index in [4.69, 9.17) is 16.3 Å². The van der Waals surface area contributed by atoms with Crippen molar-refractivity contribution < 1.29 is 13.2 Å². The third kappa shape index (κ3) is 3.03. The van der Waals surface area contributed by atoms with Crippen molar-refractivity contribution in [3.63, 3.8) is 0 Å². The highest BCUT2D eigenvalue weighted by Crippen LogP contribution is 2.25. The summed E-state index contributed by atoms with van der Waals surface area (Å²) in [5.41, 5.74) is 0.954. The number of sulfonamides is 1. The molecular formula is C12H16ClNO3S. The predicted octanol–water partition coefficient (Wildman–Crippen LogP) is 2.06. The van der Waals surface area contributed by atoms with Gasteiger partial charge in [0.25, 0.3) is 0 Å². The molecule has 100 valence electrons. The van der Waals surface area contributed by atoms with E-state index in [-0.39, 0.29) is 11.9 Å². The summed E-state index contributed by atoms with van der Waals surface area (Å²) >= 11 is 5.83. The lowest BCUT2D eigenvalue weighted by Gasteiger charge is -2.32. The molecule has 1 atom stereocenters. The van der Waals surface area contributed by atoms with Gasteiger partial charge in [-0.2, -0.15) is 4.31 Å². The average molecular weight is 290 g/mol. The lowest BCUT2D eigenvalue weighted by Crippen LogP contribution is -2.42. The minimum Gasteiger partial charge on any atom is -0.371 e. The Morgan fingerprint density at radius 2 is 2.06 bits per heavy atom. The molecule has 1 saturated heterocycles. The van der Waals surface area contributed by atoms with Crippen molar-refractivity contribution in [3.8, 4) is 0 Å². The van der Waals surface area contributed by atoms with Crippen molar-refractivity contribution in [2.75, 3.05) is 25.4 Å². The number of hydrogen-bond acceptors (Lipinski definition) is 3. The maximum absolute atomic E-state index is 11.8. The Morgan fingerprint density at radius 3 is 2.67 bits per heavy atom. The van der Waals surface area contributed by atoms with E-state index < -0.39 is 10.0 Å². The fourth-order valence-corrected chi connectivity index (χ4v) is 3.15. The molecular weight excluding hydrogens is 274 g/mol. The van der Waals surface area contributed by atoms with Crippen LogP contribution in [0.2, 0.25) is 5.02 Å². The molecule has 0 bridgehead atoms. The molecule has 6 heteroatoms. The first-order valence-corrected chi connectivity index (χ1v) is 7.86. The highest BCUT2D eigenvalue weighted by molar-refractivity contribution is 7.89. The van der Waals surface area contributed by atoms with Crippen molar-refractivity contribution in [1.82, 2.24) is 4.31 Å². The van der Waals surface area contributed by atoms with Crippen LogP contribution in [0, 0.1) is 0 Å². The van der Waals surface area contributed by atoms with Crippen LogP contribution in [-0.4, -0.2) is 38.2 Å². The van der Waals surface area contributed by atoms with E-state index in [0.29, 0.717) is 24.7 Å². The summed E-state index contributed by atoms with van der Waals surface area (Å²) in [6.07, 6.45) is -0.211. The zero-order chi connectivity index (χ0) is 13.2. The highest BCUT2D eigenvalue weighted by atomic mass is 35.5. The Balaban J connectivity index is 2.14. The zero-order valence-electron chi connectivity index (χ0n) is 10.2. The normalized spacial score (nSPS) is 22.0. The summed E-state index contributed by atoms with van der Waals surface area (Å²) in [4.78, 5) is 0. The van der Waals surface area contributed by atoms with Gasteiger partial charge in [0.1, 0.15) is 0 Å². The van der Waals surface area contributed by atoms with Crippen LogP contribution in [0.25, 0.3) is 0 Å². The number of halogens is 1. The summed E-state index contributed by atoms with van der Waals surface area (Å²) in [7, 11) is -3.14. The molecule has 1 aliphatic rings. The van der Waals surface area contributed by atoms with Gasteiger partial charge in [0.15, 0.2) is 0 Å². The van der Waals surface area contributed by atoms with Gasteiger partial charge in [0.2, 0.25) is 10.0 Å². The third-order valence-corrected chi connectivity index (χ3v) is 5.13. The van der Waals surface area contributed by atoms with Crippen molar-refractivity contribution >= 4 is 21.6 Å². The topological polar surface area (TPSA) is 46.6 Å². The maximum atomic E-state index is 11.8. The fraction of sp³-hybridized carbons (Fsp3) is 0.500. The number of hydrogen-bond donors (Lipinski definition) is 0. The maximum Gasteiger partial charge on any atom is 0.214 e. The van der Waals surface area contributed by atoms with Crippen molar-refractivity contribution in [1.29, 1.82) is 0 Å². The molecule has 18 heavy (non-hydrogen) atoms. The van der Waals surface area contributed by atoms with E-state index in [9.17, 15) is 8.42 Å². The SMILES string of the molecule is CCS(=O)(=O)N1CCOC(c2ccc(Cl)cc2)C1. The van der Waals surface area contributed by atoms with Crippen LogP contribution in [0.4, 0.5) is 0 Å². The van der Waals surface area contributed by atoms with Crippen LogP contribution in [0.1, 0.15) is 18.6 Å². The van der Waals surface area contributed by atoms with Gasteiger partial charge in [0, 0.05) is 18.1 Å². The van der Waals surface area contributed by atoms with Crippen LogP contribution < -0.4 is 0 Å². The minimum absolute atomic E-state index is 0.125. The molecule has 0 saturated carbocycles. The first kappa shape index (κ1) is 13.8. The van der Waals surface area contributed by atoms with Gasteiger partial charge in [-0.3, -0.25) is 0 Å². The van der Waals surface area contributed by atoms with Crippen LogP contribution in [0.15, 0.2) is 24.3 Å². The molecule has 0 aromatic heterocycles. The first-order valence-electron chi connectivity index (χ1n) is 5.88. The second-order valence-electron chi connectivity index (χ2n) is 4.17. The zero-order valence-corrected chi connectivity index (χ0v) is 11.7. The Morgan fingerprint density at radius 1 is 1.39 bits per heavy atom. The third-order valence-electron chi connectivity index (χ3n) is 3.03. The van der Waals surface area contributed by atoms with E-state index in [1.165, 1.54) is 4.31 Å². The van der Waals surface area contributed by atoms with Gasteiger partial charge in [-0.15, -0.1) is 0 Å². The number of rotatable bonds is 3. The number of benzene rings is 1. The minimum atomic E-state index is -3.14. The molecule has 1 unspecified atom stereocenters. The molecule has 1 aromatic rings. The quantitative estimate of drug-likeness (QED) is 0.856. The van der Waals surface area contributed by atoms with Gasteiger partial charge in [-0.05, 0) is 24.6 Å². The van der Waals surface area contributed by atoms with Crippen molar-refractivity contribution in [3.05, 3.63) is 34.9 Å². The summed E-state index contributed by atoms with van der Waals surface area (Å²) in [5.74, 6) is 0.125. The number of ether oxygens (including phenoxy) is 1. The van der Waals surface area contributed by atoms with Crippen LogP contribution >= 0.6 is 11.6 Å². The van der Waals surface area contributed by atoms with Gasteiger partial charge in [-0.25, -0.2) is 8.42 Å². The lowest BCUT2D eigenvalue weighted by atomic mass is 10.1. The average Bonchev–Trinajstić information content (AvgIpc) is 2.40. The van der Waals surface area contributed by atoms with E-state index in [1.807, 2.05) is 12.1 Å². The Kier molecular flexibility index (Phi) is 4.27. The molecule has 4 nitrogen and oxygen atoms in total. The van der Waals surface area contributed by atoms with E-state index in [1.54, 1.807) is 19.1 Å². The number of nitrogens with zero attached hydrogens (tertiary/aromatic N) is 1.